The fourth-order valence-electron chi connectivity index (χ4n) is 2.76. The molecule has 0 unspecified atom stereocenters. The standard InChI is InChI=1S/C17H13NO2.2C2H6/c1-11-2-5-16-12(8-11)6-7-18(16)14-3-4-15-13(9-14)10-20-17(15)19;2*1-2/h2-9H,10H2,1H3;2*1-2H3. The first-order valence-electron chi connectivity index (χ1n) is 8.60. The van der Waals surface area contributed by atoms with Gasteiger partial charge in [-0.3, -0.25) is 0 Å². The third-order valence-electron chi connectivity index (χ3n) is 3.79. The lowest BCUT2D eigenvalue weighted by Gasteiger charge is -2.07. The third kappa shape index (κ3) is 3.21. The molecule has 126 valence electrons. The molecule has 0 radical (unpaired) electrons. The monoisotopic (exact) mass is 323 g/mol. The third-order valence-corrected chi connectivity index (χ3v) is 3.79. The molecule has 4 rings (SSSR count). The van der Waals surface area contributed by atoms with E-state index in [2.05, 4.69) is 42.0 Å². The molecule has 0 N–H and O–H groups in total. The van der Waals surface area contributed by atoms with E-state index < -0.39 is 0 Å². The van der Waals surface area contributed by atoms with Gasteiger partial charge in [0.1, 0.15) is 6.61 Å². The van der Waals surface area contributed by atoms with Gasteiger partial charge in [0.15, 0.2) is 0 Å². The van der Waals surface area contributed by atoms with Crippen molar-refractivity contribution in [3.63, 3.8) is 0 Å². The molecular weight excluding hydrogens is 298 g/mol. The lowest BCUT2D eigenvalue weighted by molar-refractivity contribution is 0.0535. The molecule has 0 amide bonds. The van der Waals surface area contributed by atoms with E-state index in [1.54, 1.807) is 0 Å². The van der Waals surface area contributed by atoms with Gasteiger partial charge in [0.05, 0.1) is 11.1 Å². The second-order valence-corrected chi connectivity index (χ2v) is 5.17. The number of fused-ring (bicyclic) bond motifs is 2. The molecule has 1 aliphatic heterocycles. The van der Waals surface area contributed by atoms with Crippen LogP contribution in [-0.2, 0) is 11.3 Å². The van der Waals surface area contributed by atoms with Gasteiger partial charge >= 0.3 is 5.97 Å². The Morgan fingerprint density at radius 3 is 2.46 bits per heavy atom. The van der Waals surface area contributed by atoms with Crippen molar-refractivity contribution in [2.24, 2.45) is 0 Å². The predicted octanol–water partition coefficient (Wildman–Crippen LogP) is 5.66. The molecule has 0 saturated heterocycles. The molecule has 2 heterocycles. The quantitative estimate of drug-likeness (QED) is 0.541. The van der Waals surface area contributed by atoms with Crippen molar-refractivity contribution >= 4 is 16.9 Å². The Bertz CT molecular complexity index is 846. The number of ether oxygens (including phenoxy) is 1. The average molecular weight is 323 g/mol. The van der Waals surface area contributed by atoms with Gasteiger partial charge in [0.2, 0.25) is 0 Å². The van der Waals surface area contributed by atoms with Crippen LogP contribution in [0.2, 0.25) is 0 Å². The fourth-order valence-corrected chi connectivity index (χ4v) is 2.76. The summed E-state index contributed by atoms with van der Waals surface area (Å²) < 4.78 is 7.19. The van der Waals surface area contributed by atoms with Crippen LogP contribution in [0.25, 0.3) is 16.6 Å². The predicted molar refractivity (Wildman–Crippen MR) is 99.8 cm³/mol. The summed E-state index contributed by atoms with van der Waals surface area (Å²) in [6.45, 7) is 10.5. The van der Waals surface area contributed by atoms with E-state index in [1.165, 1.54) is 16.5 Å². The normalized spacial score (nSPS) is 11.8. The summed E-state index contributed by atoms with van der Waals surface area (Å²) >= 11 is 0. The number of cyclic esters (lactones) is 1. The van der Waals surface area contributed by atoms with Gasteiger partial charge in [-0.15, -0.1) is 0 Å². The summed E-state index contributed by atoms with van der Waals surface area (Å²) in [7, 11) is 0. The van der Waals surface area contributed by atoms with E-state index in [4.69, 9.17) is 4.74 Å². The van der Waals surface area contributed by atoms with Crippen molar-refractivity contribution in [1.82, 2.24) is 4.57 Å². The lowest BCUT2D eigenvalue weighted by atomic mass is 10.1. The molecule has 0 aliphatic carbocycles. The average Bonchev–Trinajstić information content (AvgIpc) is 3.21. The topological polar surface area (TPSA) is 31.2 Å². The Morgan fingerprint density at radius 2 is 1.71 bits per heavy atom. The first-order chi connectivity index (χ1) is 11.7. The maximum atomic E-state index is 11.5. The number of carbonyl (C=O) groups excluding carboxylic acids is 1. The summed E-state index contributed by atoms with van der Waals surface area (Å²) in [5.41, 5.74) is 5.12. The first-order valence-corrected chi connectivity index (χ1v) is 8.60. The van der Waals surface area contributed by atoms with Gasteiger partial charge in [0.25, 0.3) is 0 Å². The highest BCUT2D eigenvalue weighted by molar-refractivity contribution is 5.93. The summed E-state index contributed by atoms with van der Waals surface area (Å²) in [5, 5.41) is 1.22. The SMILES string of the molecule is CC.CC.Cc1ccc2c(ccn2-c2ccc3c(c2)COC3=O)c1. The molecule has 1 aliphatic rings. The number of esters is 1. The van der Waals surface area contributed by atoms with E-state index in [0.717, 1.165) is 11.3 Å². The van der Waals surface area contributed by atoms with E-state index in [-0.39, 0.29) is 5.97 Å². The number of hydrogen-bond acceptors (Lipinski definition) is 2. The van der Waals surface area contributed by atoms with Crippen molar-refractivity contribution in [2.75, 3.05) is 0 Å². The van der Waals surface area contributed by atoms with E-state index in [9.17, 15) is 4.79 Å². The molecule has 1 aromatic heterocycles. The fraction of sp³-hybridized carbons (Fsp3) is 0.286. The lowest BCUT2D eigenvalue weighted by Crippen LogP contribution is -1.96. The van der Waals surface area contributed by atoms with E-state index >= 15 is 0 Å². The second kappa shape index (κ2) is 7.82. The number of aromatic nitrogens is 1. The van der Waals surface area contributed by atoms with Crippen LogP contribution in [0.5, 0.6) is 0 Å². The highest BCUT2D eigenvalue weighted by Gasteiger charge is 2.21. The van der Waals surface area contributed by atoms with Crippen molar-refractivity contribution < 1.29 is 9.53 Å². The molecule has 3 heteroatoms. The van der Waals surface area contributed by atoms with Crippen LogP contribution in [0.4, 0.5) is 0 Å². The largest absolute Gasteiger partial charge is 0.457 e. The highest BCUT2D eigenvalue weighted by atomic mass is 16.5. The van der Waals surface area contributed by atoms with Gasteiger partial charge in [-0.05, 0) is 43.3 Å². The minimum Gasteiger partial charge on any atom is -0.457 e. The Balaban J connectivity index is 0.000000487. The maximum absolute atomic E-state index is 11.5. The molecule has 0 bridgehead atoms. The van der Waals surface area contributed by atoms with Gasteiger partial charge in [0, 0.05) is 22.8 Å². The van der Waals surface area contributed by atoms with Crippen LogP contribution in [0.3, 0.4) is 0 Å². The Hall–Kier alpha value is -2.55. The van der Waals surface area contributed by atoms with Gasteiger partial charge < -0.3 is 9.30 Å². The molecule has 0 fully saturated rings. The zero-order chi connectivity index (χ0) is 17.7. The number of nitrogens with zero attached hydrogens (tertiary/aromatic N) is 1. The van der Waals surface area contributed by atoms with Crippen molar-refractivity contribution in [3.05, 3.63) is 65.4 Å². The van der Waals surface area contributed by atoms with Crippen LogP contribution >= 0.6 is 0 Å². The summed E-state index contributed by atoms with van der Waals surface area (Å²) in [6, 6.07) is 14.4. The zero-order valence-electron chi connectivity index (χ0n) is 15.1. The molecule has 3 aromatic rings. The molecule has 24 heavy (non-hydrogen) atoms. The van der Waals surface area contributed by atoms with Crippen LogP contribution in [0.15, 0.2) is 48.7 Å². The number of rotatable bonds is 1. The minimum atomic E-state index is -0.223. The number of carbonyl (C=O) groups is 1. The number of hydrogen-bond donors (Lipinski definition) is 0. The molecule has 3 nitrogen and oxygen atoms in total. The summed E-state index contributed by atoms with van der Waals surface area (Å²) in [5.74, 6) is -0.223. The van der Waals surface area contributed by atoms with Gasteiger partial charge in [-0.25, -0.2) is 4.79 Å². The number of benzene rings is 2. The minimum absolute atomic E-state index is 0.223. The number of aryl methyl sites for hydroxylation is 1. The molecule has 0 atom stereocenters. The summed E-state index contributed by atoms with van der Waals surface area (Å²) in [6.07, 6.45) is 2.06. The molecule has 2 aromatic carbocycles. The van der Waals surface area contributed by atoms with E-state index in [0.29, 0.717) is 12.2 Å². The Labute approximate surface area is 143 Å². The molecule has 0 saturated carbocycles. The van der Waals surface area contributed by atoms with E-state index in [1.807, 2.05) is 45.9 Å². The Morgan fingerprint density at radius 1 is 0.958 bits per heavy atom. The van der Waals surface area contributed by atoms with Gasteiger partial charge in [-0.2, -0.15) is 0 Å². The second-order valence-electron chi connectivity index (χ2n) is 5.17. The van der Waals surface area contributed by atoms with Crippen LogP contribution in [-0.4, -0.2) is 10.5 Å². The summed E-state index contributed by atoms with van der Waals surface area (Å²) in [4.78, 5) is 11.5. The van der Waals surface area contributed by atoms with Crippen molar-refractivity contribution in [2.45, 2.75) is 41.2 Å². The first kappa shape index (κ1) is 17.8. The molecular formula is C21H25NO2. The van der Waals surface area contributed by atoms with Crippen LogP contribution < -0.4 is 0 Å². The van der Waals surface area contributed by atoms with Crippen LogP contribution in [0, 0.1) is 6.92 Å². The maximum Gasteiger partial charge on any atom is 0.338 e. The van der Waals surface area contributed by atoms with Crippen molar-refractivity contribution in [1.29, 1.82) is 0 Å². The Kier molecular flexibility index (Phi) is 5.80. The van der Waals surface area contributed by atoms with Crippen LogP contribution in [0.1, 0.15) is 49.2 Å². The van der Waals surface area contributed by atoms with Crippen molar-refractivity contribution in [3.8, 4) is 5.69 Å². The zero-order valence-corrected chi connectivity index (χ0v) is 15.1. The highest BCUT2D eigenvalue weighted by Crippen LogP contribution is 2.26. The van der Waals surface area contributed by atoms with Gasteiger partial charge in [-0.1, -0.05) is 39.3 Å². The smallest absolute Gasteiger partial charge is 0.338 e. The molecule has 0 spiro atoms.